The quantitative estimate of drug-likeness (QED) is 0.816. The lowest BCUT2D eigenvalue weighted by Crippen LogP contribution is -2.45. The average molecular weight is 395 g/mol. The summed E-state index contributed by atoms with van der Waals surface area (Å²) in [5.74, 6) is 2.10. The summed E-state index contributed by atoms with van der Waals surface area (Å²) in [7, 11) is 1.66. The first-order chi connectivity index (χ1) is 14.2. The highest BCUT2D eigenvalue weighted by Gasteiger charge is 2.25. The summed E-state index contributed by atoms with van der Waals surface area (Å²) in [4.78, 5) is 23.8. The van der Waals surface area contributed by atoms with Gasteiger partial charge in [0.2, 0.25) is 5.91 Å². The Morgan fingerprint density at radius 2 is 1.90 bits per heavy atom. The summed E-state index contributed by atoms with van der Waals surface area (Å²) in [6.07, 6.45) is 9.54. The number of rotatable bonds is 6. The van der Waals surface area contributed by atoms with Crippen molar-refractivity contribution in [2.45, 2.75) is 57.4 Å². The topological polar surface area (TPSA) is 67.3 Å². The number of piperidine rings is 1. The van der Waals surface area contributed by atoms with E-state index in [1.165, 1.54) is 24.1 Å². The van der Waals surface area contributed by atoms with Gasteiger partial charge >= 0.3 is 0 Å². The number of amides is 1. The van der Waals surface area contributed by atoms with Gasteiger partial charge in [-0.3, -0.25) is 4.79 Å². The smallest absolute Gasteiger partial charge is 0.220 e. The van der Waals surface area contributed by atoms with Gasteiger partial charge in [0, 0.05) is 36.8 Å². The molecule has 0 spiro atoms. The number of carbonyl (C=O) groups excluding carboxylic acids is 1. The van der Waals surface area contributed by atoms with Crippen LogP contribution >= 0.6 is 0 Å². The van der Waals surface area contributed by atoms with Gasteiger partial charge in [0.15, 0.2) is 0 Å². The summed E-state index contributed by atoms with van der Waals surface area (Å²) in [5, 5.41) is 3.22. The number of fused-ring (bicyclic) bond motifs is 1. The van der Waals surface area contributed by atoms with E-state index < -0.39 is 0 Å². The van der Waals surface area contributed by atoms with Crippen molar-refractivity contribution in [2.24, 2.45) is 0 Å². The Hall–Kier alpha value is -2.63. The summed E-state index contributed by atoms with van der Waals surface area (Å²) >= 11 is 0. The number of benzene rings is 1. The fourth-order valence-electron chi connectivity index (χ4n) is 4.36. The molecule has 1 aromatic heterocycles. The van der Waals surface area contributed by atoms with Gasteiger partial charge in [0.05, 0.1) is 7.11 Å². The van der Waals surface area contributed by atoms with E-state index in [2.05, 4.69) is 20.2 Å². The first-order valence-electron chi connectivity index (χ1n) is 10.7. The molecule has 1 N–H and O–H groups in total. The molecule has 2 aliphatic rings. The number of methoxy groups -OCH3 is 1. The lowest BCUT2D eigenvalue weighted by atomic mass is 9.95. The molecule has 1 amide bonds. The third-order valence-corrected chi connectivity index (χ3v) is 6.06. The number of nitrogens with one attached hydrogen (secondary N) is 1. The van der Waals surface area contributed by atoms with Gasteiger partial charge in [-0.15, -0.1) is 0 Å². The Labute approximate surface area is 172 Å². The van der Waals surface area contributed by atoms with Crippen molar-refractivity contribution in [3.8, 4) is 5.75 Å². The van der Waals surface area contributed by atoms with Gasteiger partial charge in [0.25, 0.3) is 0 Å². The molecule has 0 bridgehead atoms. The number of aromatic nitrogens is 2. The van der Waals surface area contributed by atoms with E-state index in [0.717, 1.165) is 62.3 Å². The number of carbonyl (C=O) groups is 1. The number of hydrogen-bond acceptors (Lipinski definition) is 5. The third kappa shape index (κ3) is 4.86. The largest absolute Gasteiger partial charge is 0.497 e. The first-order valence-corrected chi connectivity index (χ1v) is 10.7. The molecule has 1 fully saturated rings. The van der Waals surface area contributed by atoms with Crippen molar-refractivity contribution < 1.29 is 9.53 Å². The SMILES string of the molecule is COc1ccc(CCC(=O)NC2CCN(c3ncnc4c3CCCC4)CC2)cc1. The van der Waals surface area contributed by atoms with Crippen LogP contribution in [-0.2, 0) is 24.1 Å². The molecule has 4 rings (SSSR count). The minimum absolute atomic E-state index is 0.138. The lowest BCUT2D eigenvalue weighted by Gasteiger charge is -2.35. The van der Waals surface area contributed by atoms with Crippen LogP contribution in [0.25, 0.3) is 0 Å². The van der Waals surface area contributed by atoms with Crippen molar-refractivity contribution in [1.82, 2.24) is 15.3 Å². The fraction of sp³-hybridized carbons (Fsp3) is 0.522. The van der Waals surface area contributed by atoms with E-state index in [4.69, 9.17) is 4.74 Å². The number of ether oxygens (including phenoxy) is 1. The van der Waals surface area contributed by atoms with Crippen LogP contribution < -0.4 is 15.0 Å². The predicted octanol–water partition coefficient (Wildman–Crippen LogP) is 3.08. The molecule has 2 heterocycles. The first kappa shape index (κ1) is 19.7. The Bertz CT molecular complexity index is 829. The van der Waals surface area contributed by atoms with E-state index in [-0.39, 0.29) is 11.9 Å². The summed E-state index contributed by atoms with van der Waals surface area (Å²) in [5.41, 5.74) is 3.74. The number of nitrogens with zero attached hydrogens (tertiary/aromatic N) is 3. The monoisotopic (exact) mass is 394 g/mol. The molecular weight excluding hydrogens is 364 g/mol. The van der Waals surface area contributed by atoms with Crippen LogP contribution in [0.15, 0.2) is 30.6 Å². The van der Waals surface area contributed by atoms with Gasteiger partial charge < -0.3 is 15.0 Å². The molecular formula is C23H30N4O2. The molecule has 29 heavy (non-hydrogen) atoms. The van der Waals surface area contributed by atoms with Gasteiger partial charge in [-0.2, -0.15) is 0 Å². The molecule has 1 saturated heterocycles. The van der Waals surface area contributed by atoms with Crippen molar-refractivity contribution in [3.63, 3.8) is 0 Å². The van der Waals surface area contributed by atoms with E-state index in [1.807, 2.05) is 24.3 Å². The van der Waals surface area contributed by atoms with Gasteiger partial charge in [-0.25, -0.2) is 9.97 Å². The molecule has 0 radical (unpaired) electrons. The Morgan fingerprint density at radius 1 is 1.14 bits per heavy atom. The van der Waals surface area contributed by atoms with E-state index in [1.54, 1.807) is 13.4 Å². The van der Waals surface area contributed by atoms with E-state index in [0.29, 0.717) is 6.42 Å². The van der Waals surface area contributed by atoms with E-state index in [9.17, 15) is 4.79 Å². The zero-order valence-corrected chi connectivity index (χ0v) is 17.2. The molecule has 1 aliphatic carbocycles. The second kappa shape index (κ2) is 9.25. The summed E-state index contributed by atoms with van der Waals surface area (Å²) in [6, 6.07) is 8.18. The van der Waals surface area contributed by atoms with Crippen LogP contribution in [0, 0.1) is 0 Å². The molecule has 1 aromatic carbocycles. The average Bonchev–Trinajstić information content (AvgIpc) is 2.78. The van der Waals surface area contributed by atoms with Gasteiger partial charge in [-0.05, 0) is 62.6 Å². The fourth-order valence-corrected chi connectivity index (χ4v) is 4.36. The summed E-state index contributed by atoms with van der Waals surface area (Å²) in [6.45, 7) is 1.87. The maximum Gasteiger partial charge on any atom is 0.220 e. The lowest BCUT2D eigenvalue weighted by molar-refractivity contribution is -0.121. The molecule has 6 nitrogen and oxygen atoms in total. The van der Waals surface area contributed by atoms with Crippen LogP contribution in [0.2, 0.25) is 0 Å². The van der Waals surface area contributed by atoms with Crippen LogP contribution in [0.1, 0.15) is 48.9 Å². The van der Waals surface area contributed by atoms with Gasteiger partial charge in [-0.1, -0.05) is 12.1 Å². The minimum Gasteiger partial charge on any atom is -0.497 e. The van der Waals surface area contributed by atoms with Crippen LogP contribution in [0.4, 0.5) is 5.82 Å². The number of anilines is 1. The van der Waals surface area contributed by atoms with Crippen LogP contribution in [0.5, 0.6) is 5.75 Å². The van der Waals surface area contributed by atoms with E-state index >= 15 is 0 Å². The maximum atomic E-state index is 12.4. The Kier molecular flexibility index (Phi) is 6.27. The van der Waals surface area contributed by atoms with Crippen LogP contribution in [-0.4, -0.2) is 42.1 Å². The second-order valence-corrected chi connectivity index (χ2v) is 8.01. The minimum atomic E-state index is 0.138. The highest BCUT2D eigenvalue weighted by atomic mass is 16.5. The summed E-state index contributed by atoms with van der Waals surface area (Å²) < 4.78 is 5.18. The van der Waals surface area contributed by atoms with Crippen molar-refractivity contribution in [2.75, 3.05) is 25.1 Å². The van der Waals surface area contributed by atoms with Crippen molar-refractivity contribution >= 4 is 11.7 Å². The zero-order valence-electron chi connectivity index (χ0n) is 17.2. The zero-order chi connectivity index (χ0) is 20.1. The molecule has 0 atom stereocenters. The van der Waals surface area contributed by atoms with Crippen molar-refractivity contribution in [3.05, 3.63) is 47.4 Å². The molecule has 0 unspecified atom stereocenters. The van der Waals surface area contributed by atoms with Crippen molar-refractivity contribution in [1.29, 1.82) is 0 Å². The molecule has 154 valence electrons. The normalized spacial score (nSPS) is 16.9. The second-order valence-electron chi connectivity index (χ2n) is 8.01. The predicted molar refractivity (Wildman–Crippen MR) is 113 cm³/mol. The van der Waals surface area contributed by atoms with Crippen LogP contribution in [0.3, 0.4) is 0 Å². The Balaban J connectivity index is 1.25. The van der Waals surface area contributed by atoms with Gasteiger partial charge in [0.1, 0.15) is 17.9 Å². The highest BCUT2D eigenvalue weighted by Crippen LogP contribution is 2.28. The highest BCUT2D eigenvalue weighted by molar-refractivity contribution is 5.76. The molecule has 2 aromatic rings. The number of hydrogen-bond donors (Lipinski definition) is 1. The standard InChI is InChI=1S/C23H30N4O2/c1-29-19-9-6-17(7-10-19)8-11-22(28)26-18-12-14-27(15-13-18)23-20-4-2-3-5-21(20)24-16-25-23/h6-7,9-10,16,18H,2-5,8,11-15H2,1H3,(H,26,28). The third-order valence-electron chi connectivity index (χ3n) is 6.06. The molecule has 6 heteroatoms. The maximum absolute atomic E-state index is 12.4. The number of aryl methyl sites for hydroxylation is 2. The molecule has 1 aliphatic heterocycles. The molecule has 0 saturated carbocycles. The Morgan fingerprint density at radius 3 is 2.66 bits per heavy atom.